The lowest BCUT2D eigenvalue weighted by Gasteiger charge is -2.09. The first kappa shape index (κ1) is 22.4. The van der Waals surface area contributed by atoms with Crippen LogP contribution in [0.4, 0.5) is 5.69 Å². The van der Waals surface area contributed by atoms with Gasteiger partial charge in [-0.05, 0) is 55.0 Å². The molecule has 0 radical (unpaired) electrons. The van der Waals surface area contributed by atoms with E-state index in [1.165, 1.54) is 0 Å². The standard InChI is InChI=1S/C23H21ClN4O2S2/c1-16-7-13-20(14-8-16)32(29,30)27-19-11-9-17(10-12-19)22-25-26-23(28(22)2)31-15-18-5-3-4-6-21(18)24/h3-14,27H,15H2,1-2H3. The molecular weight excluding hydrogens is 464 g/mol. The maximum atomic E-state index is 12.6. The number of hydrogen-bond donors (Lipinski definition) is 1. The zero-order valence-electron chi connectivity index (χ0n) is 17.5. The first-order valence-electron chi connectivity index (χ1n) is 9.79. The highest BCUT2D eigenvalue weighted by molar-refractivity contribution is 7.98. The van der Waals surface area contributed by atoms with Crippen LogP contribution in [-0.2, 0) is 22.8 Å². The topological polar surface area (TPSA) is 76.9 Å². The van der Waals surface area contributed by atoms with Crippen molar-refractivity contribution in [1.29, 1.82) is 0 Å². The molecule has 0 saturated heterocycles. The van der Waals surface area contributed by atoms with Crippen LogP contribution in [0.2, 0.25) is 5.02 Å². The highest BCUT2D eigenvalue weighted by atomic mass is 35.5. The third kappa shape index (κ3) is 4.98. The van der Waals surface area contributed by atoms with Crippen molar-refractivity contribution in [2.24, 2.45) is 7.05 Å². The smallest absolute Gasteiger partial charge is 0.261 e. The summed E-state index contributed by atoms with van der Waals surface area (Å²) in [4.78, 5) is 0.223. The molecule has 3 aromatic carbocycles. The average Bonchev–Trinajstić information content (AvgIpc) is 3.14. The van der Waals surface area contributed by atoms with Gasteiger partial charge in [-0.25, -0.2) is 8.42 Å². The van der Waals surface area contributed by atoms with Gasteiger partial charge < -0.3 is 4.57 Å². The molecule has 1 aromatic heterocycles. The Morgan fingerprint density at radius 1 is 0.969 bits per heavy atom. The fraction of sp³-hybridized carbons (Fsp3) is 0.130. The number of halogens is 1. The summed E-state index contributed by atoms with van der Waals surface area (Å²) in [7, 11) is -1.75. The van der Waals surface area contributed by atoms with Gasteiger partial charge in [0.2, 0.25) is 0 Å². The summed E-state index contributed by atoms with van der Waals surface area (Å²) in [5.74, 6) is 1.38. The molecule has 0 spiro atoms. The Hall–Kier alpha value is -2.81. The van der Waals surface area contributed by atoms with Crippen LogP contribution in [0.15, 0.2) is 82.8 Å². The van der Waals surface area contributed by atoms with Crippen LogP contribution < -0.4 is 4.72 Å². The van der Waals surface area contributed by atoms with Gasteiger partial charge in [0.05, 0.1) is 4.90 Å². The molecule has 0 unspecified atom stereocenters. The number of aromatic nitrogens is 3. The normalized spacial score (nSPS) is 11.5. The molecule has 0 saturated carbocycles. The molecule has 1 heterocycles. The lowest BCUT2D eigenvalue weighted by molar-refractivity contribution is 0.601. The number of sulfonamides is 1. The summed E-state index contributed by atoms with van der Waals surface area (Å²) in [5.41, 5.74) is 3.35. The third-order valence-electron chi connectivity index (χ3n) is 4.88. The maximum absolute atomic E-state index is 12.6. The van der Waals surface area contributed by atoms with Crippen molar-refractivity contribution in [2.45, 2.75) is 22.7 Å². The van der Waals surface area contributed by atoms with Gasteiger partial charge in [0.15, 0.2) is 11.0 Å². The quantitative estimate of drug-likeness (QED) is 0.348. The van der Waals surface area contributed by atoms with Gasteiger partial charge in [-0.15, -0.1) is 10.2 Å². The van der Waals surface area contributed by atoms with E-state index in [0.29, 0.717) is 17.3 Å². The zero-order valence-corrected chi connectivity index (χ0v) is 19.9. The number of hydrogen-bond acceptors (Lipinski definition) is 5. The summed E-state index contributed by atoms with van der Waals surface area (Å²) in [6.07, 6.45) is 0. The number of nitrogens with zero attached hydrogens (tertiary/aromatic N) is 3. The van der Waals surface area contributed by atoms with E-state index in [1.54, 1.807) is 48.2 Å². The van der Waals surface area contributed by atoms with Crippen molar-refractivity contribution in [2.75, 3.05) is 4.72 Å². The number of aryl methyl sites for hydroxylation is 1. The Morgan fingerprint density at radius 3 is 2.34 bits per heavy atom. The summed E-state index contributed by atoms with van der Waals surface area (Å²) < 4.78 is 29.7. The minimum atomic E-state index is -3.65. The Bertz CT molecular complexity index is 1340. The van der Waals surface area contributed by atoms with Gasteiger partial charge in [-0.3, -0.25) is 4.72 Å². The van der Waals surface area contributed by atoms with E-state index < -0.39 is 10.0 Å². The van der Waals surface area contributed by atoms with Crippen LogP contribution in [0.25, 0.3) is 11.4 Å². The number of nitrogens with one attached hydrogen (secondary N) is 1. The zero-order chi connectivity index (χ0) is 22.7. The summed E-state index contributed by atoms with van der Waals surface area (Å²) in [5, 5.41) is 10.1. The number of anilines is 1. The van der Waals surface area contributed by atoms with Crippen LogP contribution in [-0.4, -0.2) is 23.2 Å². The molecule has 6 nitrogen and oxygen atoms in total. The fourth-order valence-electron chi connectivity index (χ4n) is 3.07. The highest BCUT2D eigenvalue weighted by Crippen LogP contribution is 2.28. The molecular formula is C23H21ClN4O2S2. The molecule has 0 aliphatic carbocycles. The lowest BCUT2D eigenvalue weighted by atomic mass is 10.2. The van der Waals surface area contributed by atoms with Crippen molar-refractivity contribution in [1.82, 2.24) is 14.8 Å². The second-order valence-corrected chi connectivity index (χ2v) is 10.3. The Labute approximate surface area is 196 Å². The van der Waals surface area contributed by atoms with Crippen molar-refractivity contribution >= 4 is 39.1 Å². The van der Waals surface area contributed by atoms with Crippen LogP contribution in [0.1, 0.15) is 11.1 Å². The predicted octanol–water partition coefficient (Wildman–Crippen LogP) is 5.54. The van der Waals surface area contributed by atoms with E-state index in [1.807, 2.05) is 54.9 Å². The van der Waals surface area contributed by atoms with Crippen molar-refractivity contribution in [3.05, 3.63) is 88.9 Å². The van der Waals surface area contributed by atoms with Gasteiger partial charge >= 0.3 is 0 Å². The molecule has 164 valence electrons. The molecule has 9 heteroatoms. The molecule has 4 aromatic rings. The van der Waals surface area contributed by atoms with Crippen LogP contribution in [0, 0.1) is 6.92 Å². The van der Waals surface area contributed by atoms with Gasteiger partial charge in [0.1, 0.15) is 0 Å². The van der Waals surface area contributed by atoms with E-state index in [0.717, 1.165) is 26.9 Å². The average molecular weight is 485 g/mol. The molecule has 4 rings (SSSR count). The number of thioether (sulfide) groups is 1. The Balaban J connectivity index is 1.47. The number of benzene rings is 3. The van der Waals surface area contributed by atoms with E-state index >= 15 is 0 Å². The number of rotatable bonds is 7. The van der Waals surface area contributed by atoms with Gasteiger partial charge in [-0.2, -0.15) is 0 Å². The van der Waals surface area contributed by atoms with E-state index in [4.69, 9.17) is 11.6 Å². The van der Waals surface area contributed by atoms with Crippen LogP contribution in [0.5, 0.6) is 0 Å². The highest BCUT2D eigenvalue weighted by Gasteiger charge is 2.15. The Morgan fingerprint density at radius 2 is 1.66 bits per heavy atom. The lowest BCUT2D eigenvalue weighted by Crippen LogP contribution is -2.12. The molecule has 0 amide bonds. The predicted molar refractivity (Wildman–Crippen MR) is 129 cm³/mol. The van der Waals surface area contributed by atoms with E-state index in [-0.39, 0.29) is 4.90 Å². The largest absolute Gasteiger partial charge is 0.305 e. The molecule has 1 N–H and O–H groups in total. The fourth-order valence-corrected chi connectivity index (χ4v) is 5.32. The first-order chi connectivity index (χ1) is 15.3. The molecule has 0 atom stereocenters. The minimum Gasteiger partial charge on any atom is -0.305 e. The van der Waals surface area contributed by atoms with Crippen molar-refractivity contribution < 1.29 is 8.42 Å². The molecule has 0 aliphatic heterocycles. The first-order valence-corrected chi connectivity index (χ1v) is 12.6. The molecule has 0 fully saturated rings. The maximum Gasteiger partial charge on any atom is 0.261 e. The molecule has 0 aliphatic rings. The SMILES string of the molecule is Cc1ccc(S(=O)(=O)Nc2ccc(-c3nnc(SCc4ccccc4Cl)n3C)cc2)cc1. The van der Waals surface area contributed by atoms with Crippen LogP contribution in [0.3, 0.4) is 0 Å². The van der Waals surface area contributed by atoms with Gasteiger partial charge in [0, 0.05) is 29.1 Å². The van der Waals surface area contributed by atoms with Gasteiger partial charge in [-0.1, -0.05) is 59.3 Å². The van der Waals surface area contributed by atoms with E-state index in [2.05, 4.69) is 14.9 Å². The van der Waals surface area contributed by atoms with E-state index in [9.17, 15) is 8.42 Å². The van der Waals surface area contributed by atoms with Crippen LogP contribution >= 0.6 is 23.4 Å². The summed E-state index contributed by atoms with van der Waals surface area (Å²) in [6, 6.07) is 21.5. The Kier molecular flexibility index (Phi) is 6.55. The molecule has 0 bridgehead atoms. The summed E-state index contributed by atoms with van der Waals surface area (Å²) >= 11 is 7.79. The third-order valence-corrected chi connectivity index (χ3v) is 7.71. The summed E-state index contributed by atoms with van der Waals surface area (Å²) in [6.45, 7) is 1.91. The molecule has 32 heavy (non-hydrogen) atoms. The minimum absolute atomic E-state index is 0.223. The second-order valence-electron chi connectivity index (χ2n) is 7.24. The van der Waals surface area contributed by atoms with Gasteiger partial charge in [0.25, 0.3) is 10.0 Å². The second kappa shape index (κ2) is 9.36. The van der Waals surface area contributed by atoms with Crippen molar-refractivity contribution in [3.63, 3.8) is 0 Å². The van der Waals surface area contributed by atoms with Crippen molar-refractivity contribution in [3.8, 4) is 11.4 Å². The monoisotopic (exact) mass is 484 g/mol.